The highest BCUT2D eigenvalue weighted by Gasteiger charge is 2.14. The van der Waals surface area contributed by atoms with E-state index in [4.69, 9.17) is 5.11 Å². The Balaban J connectivity index is 2.05. The Kier molecular flexibility index (Phi) is 4.56. The number of carboxylic acid groups (broad SMARTS) is 1. The summed E-state index contributed by atoms with van der Waals surface area (Å²) in [6, 6.07) is 14.2. The molecule has 1 amide bonds. The van der Waals surface area contributed by atoms with Gasteiger partial charge in [-0.05, 0) is 30.7 Å². The van der Waals surface area contributed by atoms with Crippen molar-refractivity contribution in [2.45, 2.75) is 6.92 Å². The number of anilines is 2. The van der Waals surface area contributed by atoms with Crippen molar-refractivity contribution < 1.29 is 14.7 Å². The van der Waals surface area contributed by atoms with Crippen LogP contribution in [0.2, 0.25) is 0 Å². The number of aromatic carboxylic acids is 1. The smallest absolute Gasteiger partial charge is 0.337 e. The lowest BCUT2D eigenvalue weighted by Crippen LogP contribution is -2.23. The first-order valence-corrected chi connectivity index (χ1v) is 6.49. The highest BCUT2D eigenvalue weighted by Crippen LogP contribution is 2.20. The predicted octanol–water partition coefficient (Wildman–Crippen LogP) is 2.74. The summed E-state index contributed by atoms with van der Waals surface area (Å²) < 4.78 is 0. The van der Waals surface area contributed by atoms with Crippen LogP contribution in [0.4, 0.5) is 11.4 Å². The van der Waals surface area contributed by atoms with E-state index in [-0.39, 0.29) is 18.0 Å². The number of rotatable bonds is 5. The molecule has 0 bridgehead atoms. The Morgan fingerprint density at radius 3 is 2.43 bits per heavy atom. The second-order valence-corrected chi connectivity index (χ2v) is 4.57. The third-order valence-corrected chi connectivity index (χ3v) is 2.99. The molecule has 0 aliphatic rings. The van der Waals surface area contributed by atoms with Gasteiger partial charge in [0.05, 0.1) is 17.8 Å². The number of carbonyl (C=O) groups is 2. The van der Waals surface area contributed by atoms with Crippen molar-refractivity contribution in [1.29, 1.82) is 0 Å². The van der Waals surface area contributed by atoms with Crippen molar-refractivity contribution >= 4 is 23.3 Å². The monoisotopic (exact) mass is 284 g/mol. The first-order chi connectivity index (χ1) is 10.1. The van der Waals surface area contributed by atoms with Crippen molar-refractivity contribution in [3.8, 4) is 0 Å². The molecule has 0 saturated heterocycles. The number of carboxylic acids is 1. The summed E-state index contributed by atoms with van der Waals surface area (Å²) in [5.41, 5.74) is 1.96. The zero-order valence-corrected chi connectivity index (χ0v) is 11.6. The van der Waals surface area contributed by atoms with E-state index in [1.807, 2.05) is 30.3 Å². The molecule has 0 fully saturated rings. The van der Waals surface area contributed by atoms with Crippen molar-refractivity contribution in [3.05, 3.63) is 59.7 Å². The summed E-state index contributed by atoms with van der Waals surface area (Å²) in [5.74, 6) is -1.36. The number of carbonyl (C=O) groups excluding carboxylic acids is 1. The Morgan fingerprint density at radius 2 is 1.76 bits per heavy atom. The zero-order chi connectivity index (χ0) is 15.2. The number of para-hydroxylation sites is 2. The number of nitrogens with one attached hydrogen (secondary N) is 2. The van der Waals surface area contributed by atoms with Gasteiger partial charge in [-0.2, -0.15) is 0 Å². The lowest BCUT2D eigenvalue weighted by atomic mass is 10.1. The van der Waals surface area contributed by atoms with Crippen LogP contribution in [-0.4, -0.2) is 23.5 Å². The van der Waals surface area contributed by atoms with Gasteiger partial charge in [0.15, 0.2) is 0 Å². The van der Waals surface area contributed by atoms with E-state index in [9.17, 15) is 9.59 Å². The summed E-state index contributed by atoms with van der Waals surface area (Å²) >= 11 is 0. The van der Waals surface area contributed by atoms with E-state index in [0.717, 1.165) is 5.69 Å². The standard InChI is InChI=1S/C16H16N2O3/c1-11-6-5-9-13(16(20)21)15(11)18-14(19)10-17-12-7-3-2-4-8-12/h2-9,17H,10H2,1H3,(H,18,19)(H,20,21). The summed E-state index contributed by atoms with van der Waals surface area (Å²) in [6.07, 6.45) is 0. The molecule has 0 heterocycles. The van der Waals surface area contributed by atoms with Crippen LogP contribution < -0.4 is 10.6 Å². The van der Waals surface area contributed by atoms with E-state index < -0.39 is 5.97 Å². The van der Waals surface area contributed by atoms with Crippen LogP contribution in [0.25, 0.3) is 0 Å². The van der Waals surface area contributed by atoms with E-state index in [1.165, 1.54) is 6.07 Å². The van der Waals surface area contributed by atoms with Crippen molar-refractivity contribution in [3.63, 3.8) is 0 Å². The molecule has 0 radical (unpaired) electrons. The minimum atomic E-state index is -1.06. The van der Waals surface area contributed by atoms with Crippen LogP contribution in [0.1, 0.15) is 15.9 Å². The lowest BCUT2D eigenvalue weighted by molar-refractivity contribution is -0.114. The fourth-order valence-electron chi connectivity index (χ4n) is 1.93. The Labute approximate surface area is 122 Å². The quantitative estimate of drug-likeness (QED) is 0.789. The van der Waals surface area contributed by atoms with Crippen LogP contribution in [0, 0.1) is 6.92 Å². The van der Waals surface area contributed by atoms with Crippen LogP contribution in [0.5, 0.6) is 0 Å². The van der Waals surface area contributed by atoms with Gasteiger partial charge < -0.3 is 15.7 Å². The Hall–Kier alpha value is -2.82. The molecule has 0 saturated carbocycles. The SMILES string of the molecule is Cc1cccc(C(=O)O)c1NC(=O)CNc1ccccc1. The van der Waals surface area contributed by atoms with Gasteiger partial charge in [-0.25, -0.2) is 4.79 Å². The molecule has 0 aliphatic heterocycles. The number of hydrogen-bond donors (Lipinski definition) is 3. The van der Waals surface area contributed by atoms with E-state index in [2.05, 4.69) is 10.6 Å². The van der Waals surface area contributed by atoms with Gasteiger partial charge in [0.1, 0.15) is 0 Å². The summed E-state index contributed by atoms with van der Waals surface area (Å²) in [6.45, 7) is 1.82. The van der Waals surface area contributed by atoms with Crippen LogP contribution in [0.15, 0.2) is 48.5 Å². The number of hydrogen-bond acceptors (Lipinski definition) is 3. The van der Waals surface area contributed by atoms with Gasteiger partial charge in [0.2, 0.25) is 5.91 Å². The molecular weight excluding hydrogens is 268 g/mol. The molecule has 0 atom stereocenters. The molecule has 2 rings (SSSR count). The van der Waals surface area contributed by atoms with Crippen molar-refractivity contribution in [1.82, 2.24) is 0 Å². The van der Waals surface area contributed by atoms with Gasteiger partial charge in [-0.3, -0.25) is 4.79 Å². The Morgan fingerprint density at radius 1 is 1.05 bits per heavy atom. The van der Waals surface area contributed by atoms with Crippen LogP contribution >= 0.6 is 0 Å². The summed E-state index contributed by atoms with van der Waals surface area (Å²) in [7, 11) is 0. The molecule has 21 heavy (non-hydrogen) atoms. The molecule has 0 unspecified atom stereocenters. The minimum Gasteiger partial charge on any atom is -0.478 e. The lowest BCUT2D eigenvalue weighted by Gasteiger charge is -2.12. The van der Waals surface area contributed by atoms with Gasteiger partial charge in [-0.15, -0.1) is 0 Å². The fourth-order valence-corrected chi connectivity index (χ4v) is 1.93. The minimum absolute atomic E-state index is 0.0669. The molecule has 0 aliphatic carbocycles. The Bertz CT molecular complexity index is 654. The average molecular weight is 284 g/mol. The molecule has 0 aromatic heterocycles. The fraction of sp³-hybridized carbons (Fsp3) is 0.125. The maximum Gasteiger partial charge on any atom is 0.337 e. The van der Waals surface area contributed by atoms with E-state index >= 15 is 0 Å². The topological polar surface area (TPSA) is 78.4 Å². The molecule has 0 spiro atoms. The van der Waals surface area contributed by atoms with E-state index in [0.29, 0.717) is 11.3 Å². The predicted molar refractivity (Wildman–Crippen MR) is 81.7 cm³/mol. The maximum atomic E-state index is 11.9. The molecular formula is C16H16N2O3. The third-order valence-electron chi connectivity index (χ3n) is 2.99. The molecule has 108 valence electrons. The van der Waals surface area contributed by atoms with Crippen molar-refractivity contribution in [2.24, 2.45) is 0 Å². The first kappa shape index (κ1) is 14.6. The molecule has 3 N–H and O–H groups in total. The van der Waals surface area contributed by atoms with Gasteiger partial charge in [0.25, 0.3) is 0 Å². The molecule has 5 heteroatoms. The van der Waals surface area contributed by atoms with E-state index in [1.54, 1.807) is 19.1 Å². The molecule has 2 aromatic carbocycles. The van der Waals surface area contributed by atoms with Gasteiger partial charge in [-0.1, -0.05) is 30.3 Å². The van der Waals surface area contributed by atoms with Gasteiger partial charge in [0, 0.05) is 5.69 Å². The maximum absolute atomic E-state index is 11.9. The zero-order valence-electron chi connectivity index (χ0n) is 11.6. The normalized spacial score (nSPS) is 9.95. The van der Waals surface area contributed by atoms with Crippen molar-refractivity contribution in [2.75, 3.05) is 17.2 Å². The van der Waals surface area contributed by atoms with Gasteiger partial charge >= 0.3 is 5.97 Å². The van der Waals surface area contributed by atoms with Crippen LogP contribution in [-0.2, 0) is 4.79 Å². The summed E-state index contributed by atoms with van der Waals surface area (Å²) in [5, 5.41) is 14.8. The highest BCUT2D eigenvalue weighted by atomic mass is 16.4. The second-order valence-electron chi connectivity index (χ2n) is 4.57. The highest BCUT2D eigenvalue weighted by molar-refractivity contribution is 6.02. The number of benzene rings is 2. The van der Waals surface area contributed by atoms with Crippen LogP contribution in [0.3, 0.4) is 0 Å². The number of aryl methyl sites for hydroxylation is 1. The second kappa shape index (κ2) is 6.56. The third kappa shape index (κ3) is 3.82. The molecule has 2 aromatic rings. The number of amides is 1. The average Bonchev–Trinajstić information content (AvgIpc) is 2.48. The first-order valence-electron chi connectivity index (χ1n) is 6.49. The summed E-state index contributed by atoms with van der Waals surface area (Å²) in [4.78, 5) is 23.1. The molecule has 5 nitrogen and oxygen atoms in total. The largest absolute Gasteiger partial charge is 0.478 e.